The minimum atomic E-state index is -1.04. The number of aromatic amines is 1. The Morgan fingerprint density at radius 3 is 3.04 bits per heavy atom. The van der Waals surface area contributed by atoms with Crippen molar-refractivity contribution in [2.75, 3.05) is 5.32 Å². The molecule has 3 aromatic heterocycles. The molecule has 1 aromatic carbocycles. The van der Waals surface area contributed by atoms with E-state index in [1.807, 2.05) is 37.4 Å². The van der Waals surface area contributed by atoms with E-state index in [0.717, 1.165) is 27.6 Å². The zero-order valence-electron chi connectivity index (χ0n) is 14.7. The number of aromatic nitrogens is 5. The van der Waals surface area contributed by atoms with Gasteiger partial charge in [-0.25, -0.2) is 0 Å². The Morgan fingerprint density at radius 1 is 1.33 bits per heavy atom. The van der Waals surface area contributed by atoms with Gasteiger partial charge >= 0.3 is 0 Å². The van der Waals surface area contributed by atoms with E-state index in [2.05, 4.69) is 25.6 Å². The number of fused-ring (bicyclic) bond motifs is 2. The average molecular weight is 323 g/mol. The monoisotopic (exact) mass is 323 g/mol. The van der Waals surface area contributed by atoms with Crippen LogP contribution in [-0.4, -0.2) is 31.0 Å². The first-order valence-electron chi connectivity index (χ1n) is 8.13. The minimum absolute atomic E-state index is 0.455. The van der Waals surface area contributed by atoms with Gasteiger partial charge in [0, 0.05) is 18.9 Å². The number of pyridine rings is 1. The van der Waals surface area contributed by atoms with Crippen molar-refractivity contribution in [1.29, 1.82) is 0 Å². The number of ether oxygens (including phenoxy) is 1. The largest absolute Gasteiger partial charge is 0.473 e. The molecular formula is C17H18N6O. The summed E-state index contributed by atoms with van der Waals surface area (Å²) in [6.07, 6.45) is 0.692. The highest BCUT2D eigenvalue weighted by atomic mass is 16.5. The number of hydrogen-bond acceptors (Lipinski definition) is 5. The van der Waals surface area contributed by atoms with E-state index in [1.165, 1.54) is 0 Å². The van der Waals surface area contributed by atoms with E-state index in [-0.39, 0.29) is 0 Å². The van der Waals surface area contributed by atoms with Gasteiger partial charge in [-0.05, 0) is 44.2 Å². The highest BCUT2D eigenvalue weighted by molar-refractivity contribution is 5.91. The van der Waals surface area contributed by atoms with E-state index < -0.39 is 6.08 Å². The summed E-state index contributed by atoms with van der Waals surface area (Å²) in [5.41, 5.74) is 3.43. The van der Waals surface area contributed by atoms with Crippen molar-refractivity contribution < 1.29 is 6.11 Å². The van der Waals surface area contributed by atoms with Crippen LogP contribution in [0, 0.1) is 0 Å². The maximum Gasteiger partial charge on any atom is 0.241 e. The fraction of sp³-hybridized carbons (Fsp3) is 0.235. The molecule has 0 saturated carbocycles. The van der Waals surface area contributed by atoms with Crippen molar-refractivity contribution >= 4 is 33.4 Å². The van der Waals surface area contributed by atoms with Gasteiger partial charge in [0.15, 0.2) is 5.82 Å². The molecule has 3 heterocycles. The Morgan fingerprint density at radius 2 is 2.21 bits per heavy atom. The molecule has 4 aromatic rings. The molecule has 0 unspecified atom stereocenters. The molecule has 0 saturated heterocycles. The maximum absolute atomic E-state index is 7.90. The second-order valence-electron chi connectivity index (χ2n) is 5.77. The molecule has 24 heavy (non-hydrogen) atoms. The molecule has 0 aliphatic heterocycles. The number of rotatable bonds is 4. The third-order valence-electron chi connectivity index (χ3n) is 3.70. The predicted molar refractivity (Wildman–Crippen MR) is 93.6 cm³/mol. The van der Waals surface area contributed by atoms with Crippen molar-refractivity contribution in [2.45, 2.75) is 19.9 Å². The lowest BCUT2D eigenvalue weighted by atomic mass is 10.2. The summed E-state index contributed by atoms with van der Waals surface area (Å²) in [5.74, 6) is 1.12. The molecule has 122 valence electrons. The topological polar surface area (TPSA) is 80.6 Å². The van der Waals surface area contributed by atoms with Crippen LogP contribution in [-0.2, 0) is 7.05 Å². The quantitative estimate of drug-likeness (QED) is 0.602. The second kappa shape index (κ2) is 5.52. The number of anilines is 2. The van der Waals surface area contributed by atoms with Gasteiger partial charge in [0.2, 0.25) is 5.88 Å². The number of aryl methyl sites for hydroxylation is 1. The number of nitrogens with one attached hydrogen (secondary N) is 2. The number of H-pyrrole nitrogens is 1. The summed E-state index contributed by atoms with van der Waals surface area (Å²) in [5, 5.41) is 15.7. The zero-order valence-corrected chi connectivity index (χ0v) is 13.7. The van der Waals surface area contributed by atoms with E-state index in [9.17, 15) is 0 Å². The highest BCUT2D eigenvalue weighted by Gasteiger charge is 2.13. The summed E-state index contributed by atoms with van der Waals surface area (Å²) in [4.78, 5) is 4.35. The van der Waals surface area contributed by atoms with Crippen LogP contribution in [0.1, 0.15) is 15.2 Å². The van der Waals surface area contributed by atoms with Crippen LogP contribution < -0.4 is 10.1 Å². The number of benzene rings is 1. The summed E-state index contributed by atoms with van der Waals surface area (Å²) in [6.45, 7) is 3.36. The maximum atomic E-state index is 7.90. The summed E-state index contributed by atoms with van der Waals surface area (Å²) in [7, 11) is 1.85. The van der Waals surface area contributed by atoms with Gasteiger partial charge in [0.05, 0.1) is 23.9 Å². The zero-order chi connectivity index (χ0) is 17.6. The first-order valence-corrected chi connectivity index (χ1v) is 7.63. The molecule has 7 nitrogen and oxygen atoms in total. The van der Waals surface area contributed by atoms with Gasteiger partial charge in [0.25, 0.3) is 0 Å². The van der Waals surface area contributed by atoms with Crippen LogP contribution >= 0.6 is 0 Å². The highest BCUT2D eigenvalue weighted by Crippen LogP contribution is 2.29. The van der Waals surface area contributed by atoms with Crippen LogP contribution in [0.25, 0.3) is 21.9 Å². The van der Waals surface area contributed by atoms with Crippen LogP contribution in [0.2, 0.25) is 0 Å². The molecule has 0 aliphatic carbocycles. The Hall–Kier alpha value is -3.09. The smallest absolute Gasteiger partial charge is 0.241 e. The Balaban J connectivity index is 1.71. The fourth-order valence-electron chi connectivity index (χ4n) is 2.65. The molecule has 7 heteroatoms. The van der Waals surface area contributed by atoms with Crippen molar-refractivity contribution in [3.63, 3.8) is 0 Å². The van der Waals surface area contributed by atoms with Crippen LogP contribution in [0.4, 0.5) is 11.5 Å². The van der Waals surface area contributed by atoms with Gasteiger partial charge < -0.3 is 10.1 Å². The molecule has 2 N–H and O–H groups in total. The van der Waals surface area contributed by atoms with Crippen molar-refractivity contribution in [2.24, 2.45) is 7.05 Å². The molecule has 0 fully saturated rings. The van der Waals surface area contributed by atoms with E-state index >= 15 is 0 Å². The summed E-state index contributed by atoms with van der Waals surface area (Å²) in [6, 6.07) is 9.61. The van der Waals surface area contributed by atoms with Crippen LogP contribution in [0.15, 0.2) is 36.5 Å². The third-order valence-corrected chi connectivity index (χ3v) is 3.70. The summed E-state index contributed by atoms with van der Waals surface area (Å²) >= 11 is 0. The first-order chi connectivity index (χ1) is 11.9. The van der Waals surface area contributed by atoms with E-state index in [0.29, 0.717) is 11.7 Å². The van der Waals surface area contributed by atoms with E-state index in [4.69, 9.17) is 6.11 Å². The molecule has 0 bridgehead atoms. The van der Waals surface area contributed by atoms with Crippen LogP contribution in [0.3, 0.4) is 0 Å². The predicted octanol–water partition coefficient (Wildman–Crippen LogP) is 3.38. The molecule has 4 rings (SSSR count). The molecule has 0 spiro atoms. The van der Waals surface area contributed by atoms with Crippen molar-refractivity contribution in [3.05, 3.63) is 36.5 Å². The minimum Gasteiger partial charge on any atom is -0.473 e. The van der Waals surface area contributed by atoms with Gasteiger partial charge in [0.1, 0.15) is 5.52 Å². The van der Waals surface area contributed by atoms with Gasteiger partial charge in [-0.2, -0.15) is 5.10 Å². The molecule has 0 amide bonds. The molecule has 0 aliphatic rings. The lowest BCUT2D eigenvalue weighted by molar-refractivity contribution is 0.233. The lowest BCUT2D eigenvalue weighted by Crippen LogP contribution is -2.06. The molecule has 0 radical (unpaired) electrons. The molecular weight excluding hydrogens is 304 g/mol. The van der Waals surface area contributed by atoms with Crippen molar-refractivity contribution in [1.82, 2.24) is 25.0 Å². The lowest BCUT2D eigenvalue weighted by Gasteiger charge is -2.06. The fourth-order valence-corrected chi connectivity index (χ4v) is 2.65. The van der Waals surface area contributed by atoms with Gasteiger partial charge in [-0.1, -0.05) is 0 Å². The average Bonchev–Trinajstić information content (AvgIpc) is 3.08. The first kappa shape index (κ1) is 13.4. The van der Waals surface area contributed by atoms with Crippen LogP contribution in [0.5, 0.6) is 5.88 Å². The normalized spacial score (nSPS) is 12.5. The Labute approximate surface area is 140 Å². The molecule has 0 atom stereocenters. The number of nitrogens with zero attached hydrogens (tertiary/aromatic N) is 4. The van der Waals surface area contributed by atoms with E-state index in [1.54, 1.807) is 24.7 Å². The van der Waals surface area contributed by atoms with Gasteiger partial charge in [-0.15, -0.1) is 5.10 Å². The SMILES string of the molecule is [2H]C(C)(C)Oc1nn(C)c2cc(Nc3n[nH]c4cccnc34)ccc12. The third kappa shape index (κ3) is 2.44. The summed E-state index contributed by atoms with van der Waals surface area (Å²) < 4.78 is 15.3. The number of hydrogen-bond donors (Lipinski definition) is 2. The Kier molecular flexibility index (Phi) is 3.07. The van der Waals surface area contributed by atoms with Gasteiger partial charge in [-0.3, -0.25) is 14.8 Å². The van der Waals surface area contributed by atoms with Crippen molar-refractivity contribution in [3.8, 4) is 5.88 Å². The second-order valence-corrected chi connectivity index (χ2v) is 5.77. The Bertz CT molecular complexity index is 1060. The standard InChI is InChI=1S/C17H18N6O/c1-10(2)24-17-12-7-6-11(9-14(12)23(3)22-17)19-16-15-13(20-21-16)5-4-8-18-15/h4-10H,1-3H3,(H2,19,20,21)/i10D.